The molecule has 0 radical (unpaired) electrons. The third-order valence-electron chi connectivity index (χ3n) is 4.30. The third kappa shape index (κ3) is 6.37. The Balaban J connectivity index is 2.03. The van der Waals surface area contributed by atoms with Gasteiger partial charge in [0.1, 0.15) is 0 Å². The number of aliphatic imine (C=N–C) groups is 1. The number of hydrogen-bond donors (Lipinski definition) is 1. The van der Waals surface area contributed by atoms with Gasteiger partial charge in [0.25, 0.3) is 5.91 Å². The summed E-state index contributed by atoms with van der Waals surface area (Å²) < 4.78 is 1.10. The number of hydrogen-bond acceptors (Lipinski definition) is 2. The van der Waals surface area contributed by atoms with Gasteiger partial charge in [-0.2, -0.15) is 0 Å². The van der Waals surface area contributed by atoms with Crippen LogP contribution in [0.15, 0.2) is 58.0 Å². The van der Waals surface area contributed by atoms with Crippen LogP contribution in [0.4, 0.5) is 0 Å². The number of carbonyl (C=O) groups excluding carboxylic acids is 1. The molecule has 0 bridgehead atoms. The molecule has 150 valence electrons. The Bertz CT molecular complexity index is 820. The largest absolute Gasteiger partial charge is 0.357 e. The van der Waals surface area contributed by atoms with Crippen LogP contribution in [0, 0.1) is 0 Å². The molecular weight excluding hydrogens is 416 g/mol. The van der Waals surface area contributed by atoms with Crippen molar-refractivity contribution in [1.29, 1.82) is 0 Å². The number of benzene rings is 2. The number of carbonyl (C=O) groups is 1. The molecule has 0 aliphatic rings. The van der Waals surface area contributed by atoms with Gasteiger partial charge in [0.15, 0.2) is 5.96 Å². The summed E-state index contributed by atoms with van der Waals surface area (Å²) in [5, 5.41) is 3.35. The molecule has 1 N–H and O–H groups in total. The Morgan fingerprint density at radius 3 is 2.54 bits per heavy atom. The molecule has 0 spiro atoms. The first-order valence-electron chi connectivity index (χ1n) is 9.45. The second-order valence-corrected chi connectivity index (χ2v) is 7.69. The number of halogens is 1. The van der Waals surface area contributed by atoms with Crippen LogP contribution >= 0.6 is 15.9 Å². The quantitative estimate of drug-likeness (QED) is 0.521. The fraction of sp³-hybridized carbons (Fsp3) is 0.364. The lowest BCUT2D eigenvalue weighted by atomic mass is 10.1. The Hall–Kier alpha value is -2.34. The van der Waals surface area contributed by atoms with Crippen molar-refractivity contribution < 1.29 is 4.79 Å². The SMILES string of the molecule is CCNC(=NCCc1cccc(C(=O)N(C)C)c1)N(C)Cc1ccccc1Br. The Kier molecular flexibility index (Phi) is 8.51. The fourth-order valence-corrected chi connectivity index (χ4v) is 3.25. The van der Waals surface area contributed by atoms with E-state index in [0.29, 0.717) is 12.1 Å². The highest BCUT2D eigenvalue weighted by atomic mass is 79.9. The van der Waals surface area contributed by atoms with Gasteiger partial charge in [0.2, 0.25) is 0 Å². The standard InChI is InChI=1S/C22H29BrN4O/c1-5-24-22(27(4)16-19-10-6-7-12-20(19)23)25-14-13-17-9-8-11-18(15-17)21(28)26(2)3/h6-12,15H,5,13-14,16H2,1-4H3,(H,24,25). The van der Waals surface area contributed by atoms with E-state index in [1.807, 2.05) is 43.4 Å². The van der Waals surface area contributed by atoms with Gasteiger partial charge in [-0.15, -0.1) is 0 Å². The first-order valence-corrected chi connectivity index (χ1v) is 10.2. The maximum atomic E-state index is 12.1. The van der Waals surface area contributed by atoms with Crippen LogP contribution in [0.3, 0.4) is 0 Å². The summed E-state index contributed by atoms with van der Waals surface area (Å²) >= 11 is 3.61. The highest BCUT2D eigenvalue weighted by Gasteiger charge is 2.10. The van der Waals surface area contributed by atoms with Gasteiger partial charge in [-0.25, -0.2) is 0 Å². The summed E-state index contributed by atoms with van der Waals surface area (Å²) in [5.74, 6) is 0.894. The van der Waals surface area contributed by atoms with Crippen LogP contribution in [0.2, 0.25) is 0 Å². The van der Waals surface area contributed by atoms with E-state index < -0.39 is 0 Å². The molecule has 0 fully saturated rings. The van der Waals surface area contributed by atoms with Gasteiger partial charge in [0.05, 0.1) is 0 Å². The van der Waals surface area contributed by atoms with Gasteiger partial charge in [-0.05, 0) is 42.7 Å². The van der Waals surface area contributed by atoms with Crippen molar-refractivity contribution in [3.63, 3.8) is 0 Å². The van der Waals surface area contributed by atoms with E-state index in [9.17, 15) is 4.79 Å². The lowest BCUT2D eigenvalue weighted by molar-refractivity contribution is 0.0827. The van der Waals surface area contributed by atoms with Crippen LogP contribution in [0.5, 0.6) is 0 Å². The summed E-state index contributed by atoms with van der Waals surface area (Å²) in [5.41, 5.74) is 3.04. The molecule has 6 heteroatoms. The molecule has 0 aromatic heterocycles. The first-order chi connectivity index (χ1) is 13.4. The minimum Gasteiger partial charge on any atom is -0.357 e. The monoisotopic (exact) mass is 444 g/mol. The van der Waals surface area contributed by atoms with E-state index >= 15 is 0 Å². The summed E-state index contributed by atoms with van der Waals surface area (Å²) in [6, 6.07) is 16.0. The normalized spacial score (nSPS) is 11.2. The Morgan fingerprint density at radius 1 is 1.11 bits per heavy atom. The number of guanidine groups is 1. The zero-order valence-electron chi connectivity index (χ0n) is 17.1. The fourth-order valence-electron chi connectivity index (χ4n) is 2.84. The molecule has 5 nitrogen and oxygen atoms in total. The summed E-state index contributed by atoms with van der Waals surface area (Å²) in [7, 11) is 5.57. The molecular formula is C22H29BrN4O. The highest BCUT2D eigenvalue weighted by molar-refractivity contribution is 9.10. The van der Waals surface area contributed by atoms with Gasteiger partial charge in [0, 0.05) is 50.8 Å². The average Bonchev–Trinajstić information content (AvgIpc) is 2.68. The Labute approximate surface area is 176 Å². The number of nitrogens with one attached hydrogen (secondary N) is 1. The lowest BCUT2D eigenvalue weighted by Crippen LogP contribution is -2.38. The van der Waals surface area contributed by atoms with Gasteiger partial charge < -0.3 is 15.1 Å². The van der Waals surface area contributed by atoms with E-state index in [0.717, 1.165) is 35.5 Å². The molecule has 2 aromatic carbocycles. The van der Waals surface area contributed by atoms with E-state index in [-0.39, 0.29) is 5.91 Å². The van der Waals surface area contributed by atoms with Crippen molar-refractivity contribution in [3.8, 4) is 0 Å². The van der Waals surface area contributed by atoms with Crippen molar-refractivity contribution in [1.82, 2.24) is 15.1 Å². The topological polar surface area (TPSA) is 47.9 Å². The average molecular weight is 445 g/mol. The smallest absolute Gasteiger partial charge is 0.253 e. The van der Waals surface area contributed by atoms with E-state index in [1.165, 1.54) is 5.56 Å². The van der Waals surface area contributed by atoms with Gasteiger partial charge >= 0.3 is 0 Å². The highest BCUT2D eigenvalue weighted by Crippen LogP contribution is 2.17. The van der Waals surface area contributed by atoms with E-state index in [2.05, 4.69) is 45.2 Å². The molecule has 28 heavy (non-hydrogen) atoms. The maximum absolute atomic E-state index is 12.1. The minimum absolute atomic E-state index is 0.0202. The second kappa shape index (κ2) is 10.9. The lowest BCUT2D eigenvalue weighted by Gasteiger charge is -2.22. The zero-order chi connectivity index (χ0) is 20.5. The van der Waals surface area contributed by atoms with Crippen LogP contribution in [-0.2, 0) is 13.0 Å². The molecule has 0 aliphatic carbocycles. The van der Waals surface area contributed by atoms with Crippen LogP contribution in [-0.4, -0.2) is 55.9 Å². The molecule has 0 aliphatic heterocycles. The van der Waals surface area contributed by atoms with Crippen molar-refractivity contribution in [3.05, 3.63) is 69.7 Å². The molecule has 1 amide bonds. The summed E-state index contributed by atoms with van der Waals surface area (Å²) in [6.45, 7) is 4.30. The molecule has 0 heterocycles. The predicted molar refractivity (Wildman–Crippen MR) is 120 cm³/mol. The van der Waals surface area contributed by atoms with Crippen molar-refractivity contribution in [2.75, 3.05) is 34.2 Å². The minimum atomic E-state index is 0.0202. The number of nitrogens with zero attached hydrogens (tertiary/aromatic N) is 3. The Morgan fingerprint density at radius 2 is 1.86 bits per heavy atom. The summed E-state index contributed by atoms with van der Waals surface area (Å²) in [4.78, 5) is 20.6. The van der Waals surface area contributed by atoms with E-state index in [1.54, 1.807) is 19.0 Å². The molecule has 0 saturated heterocycles. The van der Waals surface area contributed by atoms with Crippen molar-refractivity contribution in [2.45, 2.75) is 19.9 Å². The van der Waals surface area contributed by atoms with Gasteiger partial charge in [-0.1, -0.05) is 46.3 Å². The zero-order valence-corrected chi connectivity index (χ0v) is 18.7. The van der Waals surface area contributed by atoms with Crippen LogP contribution < -0.4 is 5.32 Å². The predicted octanol–water partition coefficient (Wildman–Crippen LogP) is 3.79. The number of amides is 1. The first kappa shape index (κ1) is 22.0. The van der Waals surface area contributed by atoms with Crippen molar-refractivity contribution in [2.24, 2.45) is 4.99 Å². The van der Waals surface area contributed by atoms with Crippen LogP contribution in [0.1, 0.15) is 28.4 Å². The molecule has 2 rings (SSSR count). The van der Waals surface area contributed by atoms with Crippen molar-refractivity contribution >= 4 is 27.8 Å². The maximum Gasteiger partial charge on any atom is 0.253 e. The third-order valence-corrected chi connectivity index (χ3v) is 5.08. The van der Waals surface area contributed by atoms with Gasteiger partial charge in [-0.3, -0.25) is 9.79 Å². The number of rotatable bonds is 7. The summed E-state index contributed by atoms with van der Waals surface area (Å²) in [6.07, 6.45) is 0.784. The molecule has 0 saturated carbocycles. The molecule has 0 unspecified atom stereocenters. The van der Waals surface area contributed by atoms with E-state index in [4.69, 9.17) is 4.99 Å². The molecule has 0 atom stereocenters. The van der Waals surface area contributed by atoms with Crippen LogP contribution in [0.25, 0.3) is 0 Å². The second-order valence-electron chi connectivity index (χ2n) is 6.83. The molecule has 2 aromatic rings.